The molecule has 0 unspecified atom stereocenters. The quantitative estimate of drug-likeness (QED) is 0.380. The summed E-state index contributed by atoms with van der Waals surface area (Å²) in [6, 6.07) is 12.9. The van der Waals surface area contributed by atoms with E-state index in [1.165, 1.54) is 28.7 Å². The molecule has 2 aromatic rings. The molecule has 0 aliphatic heterocycles. The molecule has 0 aliphatic rings. The number of rotatable bonds is 14. The first kappa shape index (κ1) is 23.4. The van der Waals surface area contributed by atoms with Gasteiger partial charge in [0.15, 0.2) is 0 Å². The van der Waals surface area contributed by atoms with E-state index >= 15 is 0 Å². The van der Waals surface area contributed by atoms with Crippen LogP contribution in [0.2, 0.25) is 0 Å². The molecule has 0 fully saturated rings. The van der Waals surface area contributed by atoms with Crippen LogP contribution >= 0.6 is 0 Å². The largest absolute Gasteiger partial charge is 0.493 e. The minimum absolute atomic E-state index is 0.561. The van der Waals surface area contributed by atoms with Crippen LogP contribution in [0, 0.1) is 13.8 Å². The van der Waals surface area contributed by atoms with Crippen LogP contribution in [0.3, 0.4) is 0 Å². The van der Waals surface area contributed by atoms with E-state index < -0.39 is 0 Å². The first-order valence-electron chi connectivity index (χ1n) is 10.5. The second-order valence-corrected chi connectivity index (χ2v) is 7.46. The molecule has 0 amide bonds. The number of ether oxygens (including phenoxy) is 4. The lowest BCUT2D eigenvalue weighted by atomic mass is 9.96. The average Bonchev–Trinajstić information content (AvgIpc) is 2.72. The standard InChI is InChI=1S/C25H36O4/c1-20-9-11-22(19-28-16-15-27-4)23(17-20)24-18-21(2)10-12-25(24)29-14-8-6-5-7-13-26-3/h9-12,17-18H,5-8,13-16,19H2,1-4H3. The zero-order valence-electron chi connectivity index (χ0n) is 18.5. The number of methoxy groups -OCH3 is 2. The van der Waals surface area contributed by atoms with Gasteiger partial charge in [0.25, 0.3) is 0 Å². The zero-order valence-corrected chi connectivity index (χ0v) is 18.5. The monoisotopic (exact) mass is 400 g/mol. The minimum atomic E-state index is 0.561. The van der Waals surface area contributed by atoms with Crippen molar-refractivity contribution in [2.24, 2.45) is 0 Å². The van der Waals surface area contributed by atoms with Crippen LogP contribution in [0.1, 0.15) is 42.4 Å². The highest BCUT2D eigenvalue weighted by Gasteiger charge is 2.12. The van der Waals surface area contributed by atoms with Gasteiger partial charge in [-0.15, -0.1) is 0 Å². The van der Waals surface area contributed by atoms with Crippen molar-refractivity contribution < 1.29 is 18.9 Å². The fraction of sp³-hybridized carbons (Fsp3) is 0.520. The van der Waals surface area contributed by atoms with Crippen LogP contribution in [0.25, 0.3) is 11.1 Å². The highest BCUT2D eigenvalue weighted by molar-refractivity contribution is 5.74. The van der Waals surface area contributed by atoms with Crippen molar-refractivity contribution in [3.8, 4) is 16.9 Å². The Balaban J connectivity index is 2.10. The topological polar surface area (TPSA) is 36.9 Å². The number of benzene rings is 2. The van der Waals surface area contributed by atoms with E-state index in [1.807, 2.05) is 0 Å². The van der Waals surface area contributed by atoms with Crippen LogP contribution in [-0.4, -0.2) is 40.6 Å². The van der Waals surface area contributed by atoms with Crippen LogP contribution in [0.4, 0.5) is 0 Å². The van der Waals surface area contributed by atoms with E-state index in [-0.39, 0.29) is 0 Å². The third-order valence-corrected chi connectivity index (χ3v) is 4.88. The molecule has 2 aromatic carbocycles. The normalized spacial score (nSPS) is 11.0. The molecular weight excluding hydrogens is 364 g/mol. The smallest absolute Gasteiger partial charge is 0.127 e. The number of hydrogen-bond acceptors (Lipinski definition) is 4. The molecule has 0 saturated carbocycles. The Labute approximate surface area is 176 Å². The van der Waals surface area contributed by atoms with Gasteiger partial charge in [-0.1, -0.05) is 41.8 Å². The van der Waals surface area contributed by atoms with Crippen LogP contribution in [0.5, 0.6) is 5.75 Å². The predicted octanol–water partition coefficient (Wildman–Crippen LogP) is 5.72. The number of unbranched alkanes of at least 4 members (excludes halogenated alkanes) is 3. The van der Waals surface area contributed by atoms with Gasteiger partial charge in [-0.25, -0.2) is 0 Å². The Morgan fingerprint density at radius 3 is 2.03 bits per heavy atom. The van der Waals surface area contributed by atoms with Crippen molar-refractivity contribution in [3.05, 3.63) is 53.1 Å². The van der Waals surface area contributed by atoms with Crippen molar-refractivity contribution in [1.29, 1.82) is 0 Å². The SMILES string of the molecule is COCCCCCCOc1ccc(C)cc1-c1cc(C)ccc1COCCOC. The summed E-state index contributed by atoms with van der Waals surface area (Å²) in [5, 5.41) is 0. The Morgan fingerprint density at radius 1 is 0.655 bits per heavy atom. The molecule has 0 saturated heterocycles. The molecule has 4 nitrogen and oxygen atoms in total. The van der Waals surface area contributed by atoms with Gasteiger partial charge >= 0.3 is 0 Å². The van der Waals surface area contributed by atoms with Crippen LogP contribution in [0.15, 0.2) is 36.4 Å². The lowest BCUT2D eigenvalue weighted by molar-refractivity contribution is 0.0618. The Morgan fingerprint density at radius 2 is 1.31 bits per heavy atom. The molecule has 2 rings (SSSR count). The van der Waals surface area contributed by atoms with Gasteiger partial charge in [-0.05, 0) is 56.4 Å². The molecule has 0 aromatic heterocycles. The third kappa shape index (κ3) is 8.17. The maximum absolute atomic E-state index is 6.20. The first-order valence-corrected chi connectivity index (χ1v) is 10.5. The van der Waals surface area contributed by atoms with Gasteiger partial charge in [0, 0.05) is 26.4 Å². The van der Waals surface area contributed by atoms with Gasteiger partial charge in [-0.3, -0.25) is 0 Å². The summed E-state index contributed by atoms with van der Waals surface area (Å²) in [4.78, 5) is 0. The summed E-state index contributed by atoms with van der Waals surface area (Å²) in [6.45, 7) is 7.56. The molecule has 160 valence electrons. The van der Waals surface area contributed by atoms with E-state index in [2.05, 4.69) is 50.2 Å². The summed E-state index contributed by atoms with van der Waals surface area (Å²) < 4.78 is 22.2. The van der Waals surface area contributed by atoms with E-state index in [9.17, 15) is 0 Å². The Kier molecular flexibility index (Phi) is 10.8. The maximum atomic E-state index is 6.20. The van der Waals surface area contributed by atoms with Crippen molar-refractivity contribution in [1.82, 2.24) is 0 Å². The Hall–Kier alpha value is -1.88. The highest BCUT2D eigenvalue weighted by Crippen LogP contribution is 2.34. The lowest BCUT2D eigenvalue weighted by Gasteiger charge is -2.17. The molecule has 29 heavy (non-hydrogen) atoms. The van der Waals surface area contributed by atoms with Crippen molar-refractivity contribution in [2.45, 2.75) is 46.1 Å². The minimum Gasteiger partial charge on any atom is -0.493 e. The van der Waals surface area contributed by atoms with Gasteiger partial charge in [0.2, 0.25) is 0 Å². The summed E-state index contributed by atoms with van der Waals surface area (Å²) >= 11 is 0. The van der Waals surface area contributed by atoms with E-state index in [0.717, 1.165) is 43.8 Å². The van der Waals surface area contributed by atoms with Crippen molar-refractivity contribution in [2.75, 3.05) is 40.6 Å². The zero-order chi connectivity index (χ0) is 20.9. The highest BCUT2D eigenvalue weighted by atomic mass is 16.5. The fourth-order valence-corrected chi connectivity index (χ4v) is 3.26. The fourth-order valence-electron chi connectivity index (χ4n) is 3.26. The Bertz CT molecular complexity index is 727. The molecule has 0 bridgehead atoms. The molecular formula is C25H36O4. The van der Waals surface area contributed by atoms with Gasteiger partial charge in [0.1, 0.15) is 5.75 Å². The van der Waals surface area contributed by atoms with Crippen molar-refractivity contribution in [3.63, 3.8) is 0 Å². The van der Waals surface area contributed by atoms with Gasteiger partial charge < -0.3 is 18.9 Å². The molecule has 0 spiro atoms. The second-order valence-electron chi connectivity index (χ2n) is 7.46. The molecule has 0 heterocycles. The second kappa shape index (κ2) is 13.4. The predicted molar refractivity (Wildman–Crippen MR) is 119 cm³/mol. The van der Waals surface area contributed by atoms with E-state index in [4.69, 9.17) is 18.9 Å². The van der Waals surface area contributed by atoms with Gasteiger partial charge in [0.05, 0.1) is 26.4 Å². The lowest BCUT2D eigenvalue weighted by Crippen LogP contribution is -2.04. The third-order valence-electron chi connectivity index (χ3n) is 4.88. The van der Waals surface area contributed by atoms with E-state index in [1.54, 1.807) is 14.2 Å². The molecule has 0 radical (unpaired) electrons. The average molecular weight is 401 g/mol. The molecule has 4 heteroatoms. The molecule has 0 N–H and O–H groups in total. The molecule has 0 aliphatic carbocycles. The summed E-state index contributed by atoms with van der Waals surface area (Å²) in [6.07, 6.45) is 4.51. The molecule has 0 atom stereocenters. The first-order chi connectivity index (χ1) is 14.2. The number of hydrogen-bond donors (Lipinski definition) is 0. The van der Waals surface area contributed by atoms with Gasteiger partial charge in [-0.2, -0.15) is 0 Å². The maximum Gasteiger partial charge on any atom is 0.127 e. The van der Waals surface area contributed by atoms with Crippen LogP contribution < -0.4 is 4.74 Å². The summed E-state index contributed by atoms with van der Waals surface area (Å²) in [7, 11) is 3.44. The van der Waals surface area contributed by atoms with Crippen LogP contribution in [-0.2, 0) is 20.8 Å². The summed E-state index contributed by atoms with van der Waals surface area (Å²) in [5.74, 6) is 0.941. The van der Waals surface area contributed by atoms with Crippen molar-refractivity contribution >= 4 is 0 Å². The van der Waals surface area contributed by atoms with E-state index in [0.29, 0.717) is 19.8 Å². The summed E-state index contributed by atoms with van der Waals surface area (Å²) in [5.41, 5.74) is 5.94. The number of aryl methyl sites for hydroxylation is 2.